The van der Waals surface area contributed by atoms with Crippen LogP contribution in [0.5, 0.6) is 0 Å². The van der Waals surface area contributed by atoms with E-state index in [1.807, 2.05) is 4.90 Å². The molecule has 0 aliphatic carbocycles. The monoisotopic (exact) mass is 220 g/mol. The molecule has 1 aliphatic heterocycles. The smallest absolute Gasteiger partial charge is 0.250 e. The number of nitrogens with one attached hydrogen (secondary N) is 1. The van der Waals surface area contributed by atoms with Gasteiger partial charge in [-0.2, -0.15) is 0 Å². The summed E-state index contributed by atoms with van der Waals surface area (Å²) in [7, 11) is 0. The Balaban J connectivity index is 2.07. The lowest BCUT2D eigenvalue weighted by atomic mass is 10.1. The summed E-state index contributed by atoms with van der Waals surface area (Å²) >= 11 is 0. The topological polar surface area (TPSA) is 32.3 Å². The lowest BCUT2D eigenvalue weighted by Crippen LogP contribution is -2.37. The standard InChI is InChI=1S/C10H18F2N2O/c11-9(12)8-13-5-4-10(15)14-6-2-1-3-7-14/h9,13H,1-8H2. The van der Waals surface area contributed by atoms with E-state index >= 15 is 0 Å². The average Bonchev–Trinajstić information content (AvgIpc) is 2.25. The minimum atomic E-state index is -2.34. The van der Waals surface area contributed by atoms with Gasteiger partial charge in [-0.1, -0.05) is 0 Å². The Kier molecular flexibility index (Phi) is 5.53. The average molecular weight is 220 g/mol. The van der Waals surface area contributed by atoms with Crippen LogP contribution in [0.3, 0.4) is 0 Å². The summed E-state index contributed by atoms with van der Waals surface area (Å²) in [4.78, 5) is 13.4. The SMILES string of the molecule is O=C(CCNCC(F)F)N1CCCCC1. The second kappa shape index (κ2) is 6.71. The number of alkyl halides is 2. The number of rotatable bonds is 5. The van der Waals surface area contributed by atoms with Gasteiger partial charge < -0.3 is 10.2 Å². The first-order valence-electron chi connectivity index (χ1n) is 5.47. The van der Waals surface area contributed by atoms with E-state index in [0.29, 0.717) is 13.0 Å². The molecule has 0 radical (unpaired) electrons. The highest BCUT2D eigenvalue weighted by Gasteiger charge is 2.15. The normalized spacial score (nSPS) is 17.1. The molecule has 0 saturated carbocycles. The molecule has 0 aromatic rings. The quantitative estimate of drug-likeness (QED) is 0.707. The van der Waals surface area contributed by atoms with Gasteiger partial charge in [0.25, 0.3) is 6.43 Å². The Labute approximate surface area is 88.8 Å². The van der Waals surface area contributed by atoms with Gasteiger partial charge in [-0.15, -0.1) is 0 Å². The first-order chi connectivity index (χ1) is 7.20. The molecule has 1 aliphatic rings. The van der Waals surface area contributed by atoms with Gasteiger partial charge in [0.2, 0.25) is 5.91 Å². The third-order valence-electron chi connectivity index (χ3n) is 2.52. The van der Waals surface area contributed by atoms with E-state index in [9.17, 15) is 13.6 Å². The van der Waals surface area contributed by atoms with Gasteiger partial charge in [0, 0.05) is 26.1 Å². The summed E-state index contributed by atoms with van der Waals surface area (Å²) in [5.41, 5.74) is 0. The van der Waals surface area contributed by atoms with Crippen LogP contribution in [0, 0.1) is 0 Å². The van der Waals surface area contributed by atoms with Crippen molar-refractivity contribution in [3.05, 3.63) is 0 Å². The van der Waals surface area contributed by atoms with Crippen LogP contribution in [0.4, 0.5) is 8.78 Å². The van der Waals surface area contributed by atoms with Crippen LogP contribution in [0.1, 0.15) is 25.7 Å². The zero-order valence-corrected chi connectivity index (χ0v) is 8.85. The Morgan fingerprint density at radius 1 is 1.27 bits per heavy atom. The molecular formula is C10H18F2N2O. The number of hydrogen-bond donors (Lipinski definition) is 1. The van der Waals surface area contributed by atoms with E-state index in [2.05, 4.69) is 5.32 Å². The van der Waals surface area contributed by atoms with Gasteiger partial charge in [0.15, 0.2) is 0 Å². The summed E-state index contributed by atoms with van der Waals surface area (Å²) in [5.74, 6) is 0.0801. The molecule has 1 rings (SSSR count). The molecule has 3 nitrogen and oxygen atoms in total. The van der Waals surface area contributed by atoms with Crippen LogP contribution in [-0.2, 0) is 4.79 Å². The van der Waals surface area contributed by atoms with E-state index in [-0.39, 0.29) is 12.5 Å². The van der Waals surface area contributed by atoms with Gasteiger partial charge in [-0.3, -0.25) is 4.79 Å². The summed E-state index contributed by atoms with van der Waals surface area (Å²) in [5, 5.41) is 2.56. The molecule has 1 saturated heterocycles. The lowest BCUT2D eigenvalue weighted by molar-refractivity contribution is -0.132. The van der Waals surface area contributed by atoms with Crippen LogP contribution in [-0.4, -0.2) is 43.4 Å². The highest BCUT2D eigenvalue weighted by molar-refractivity contribution is 5.76. The van der Waals surface area contributed by atoms with Crippen LogP contribution in [0.2, 0.25) is 0 Å². The number of carbonyl (C=O) groups excluding carboxylic acids is 1. The number of halogens is 2. The van der Waals surface area contributed by atoms with Crippen LogP contribution >= 0.6 is 0 Å². The fourth-order valence-electron chi connectivity index (χ4n) is 1.71. The maximum atomic E-state index is 11.8. The molecule has 15 heavy (non-hydrogen) atoms. The molecule has 1 amide bonds. The number of nitrogens with zero attached hydrogens (tertiary/aromatic N) is 1. The summed E-state index contributed by atoms with van der Waals surface area (Å²) in [6.45, 7) is 1.67. The minimum absolute atomic E-state index is 0.0801. The molecule has 1 N–H and O–H groups in total. The fraction of sp³-hybridized carbons (Fsp3) is 0.900. The van der Waals surface area contributed by atoms with Crippen molar-refractivity contribution in [2.24, 2.45) is 0 Å². The Bertz CT molecular complexity index is 194. The summed E-state index contributed by atoms with van der Waals surface area (Å²) in [6.07, 6.45) is 1.31. The third kappa shape index (κ3) is 5.06. The second-order valence-electron chi connectivity index (χ2n) is 3.79. The zero-order chi connectivity index (χ0) is 11.1. The van der Waals surface area contributed by atoms with E-state index in [0.717, 1.165) is 25.9 Å². The van der Waals surface area contributed by atoms with Gasteiger partial charge >= 0.3 is 0 Å². The molecule has 1 fully saturated rings. The molecule has 1 heterocycles. The molecule has 5 heteroatoms. The van der Waals surface area contributed by atoms with Crippen molar-refractivity contribution in [1.29, 1.82) is 0 Å². The van der Waals surface area contributed by atoms with Gasteiger partial charge in [-0.25, -0.2) is 8.78 Å². The zero-order valence-electron chi connectivity index (χ0n) is 8.85. The molecule has 0 aromatic heterocycles. The van der Waals surface area contributed by atoms with Gasteiger partial charge in [0.05, 0.1) is 6.54 Å². The first kappa shape index (κ1) is 12.4. The minimum Gasteiger partial charge on any atom is -0.343 e. The number of piperidine rings is 1. The number of likely N-dealkylation sites (tertiary alicyclic amines) is 1. The largest absolute Gasteiger partial charge is 0.343 e. The third-order valence-corrected chi connectivity index (χ3v) is 2.52. The molecule has 88 valence electrons. The molecule has 0 aromatic carbocycles. The van der Waals surface area contributed by atoms with E-state index in [1.54, 1.807) is 0 Å². The summed E-state index contributed by atoms with van der Waals surface area (Å²) < 4.78 is 23.5. The number of carbonyl (C=O) groups is 1. The van der Waals surface area contributed by atoms with Crippen molar-refractivity contribution in [3.8, 4) is 0 Å². The van der Waals surface area contributed by atoms with E-state index < -0.39 is 6.43 Å². The van der Waals surface area contributed by atoms with Crippen molar-refractivity contribution in [3.63, 3.8) is 0 Å². The van der Waals surface area contributed by atoms with E-state index in [1.165, 1.54) is 6.42 Å². The lowest BCUT2D eigenvalue weighted by Gasteiger charge is -2.26. The van der Waals surface area contributed by atoms with Crippen LogP contribution < -0.4 is 5.32 Å². The molecule has 0 unspecified atom stereocenters. The number of amides is 1. The Morgan fingerprint density at radius 2 is 1.93 bits per heavy atom. The maximum Gasteiger partial charge on any atom is 0.250 e. The van der Waals surface area contributed by atoms with E-state index in [4.69, 9.17) is 0 Å². The highest BCUT2D eigenvalue weighted by atomic mass is 19.3. The van der Waals surface area contributed by atoms with Crippen molar-refractivity contribution in [1.82, 2.24) is 10.2 Å². The first-order valence-corrected chi connectivity index (χ1v) is 5.47. The molecule has 0 bridgehead atoms. The van der Waals surface area contributed by atoms with Gasteiger partial charge in [-0.05, 0) is 19.3 Å². The molecular weight excluding hydrogens is 202 g/mol. The Hall–Kier alpha value is -0.710. The van der Waals surface area contributed by atoms with Crippen molar-refractivity contribution < 1.29 is 13.6 Å². The van der Waals surface area contributed by atoms with Crippen LogP contribution in [0.25, 0.3) is 0 Å². The second-order valence-corrected chi connectivity index (χ2v) is 3.79. The van der Waals surface area contributed by atoms with Gasteiger partial charge in [0.1, 0.15) is 0 Å². The summed E-state index contributed by atoms with van der Waals surface area (Å²) in [6, 6.07) is 0. The molecule has 0 spiro atoms. The molecule has 0 atom stereocenters. The van der Waals surface area contributed by atoms with Crippen molar-refractivity contribution >= 4 is 5.91 Å². The number of hydrogen-bond acceptors (Lipinski definition) is 2. The van der Waals surface area contributed by atoms with Crippen molar-refractivity contribution in [2.75, 3.05) is 26.2 Å². The highest BCUT2D eigenvalue weighted by Crippen LogP contribution is 2.09. The Morgan fingerprint density at radius 3 is 2.53 bits per heavy atom. The predicted octanol–water partition coefficient (Wildman–Crippen LogP) is 1.24. The van der Waals surface area contributed by atoms with Crippen molar-refractivity contribution in [2.45, 2.75) is 32.1 Å². The van der Waals surface area contributed by atoms with Crippen LogP contribution in [0.15, 0.2) is 0 Å². The predicted molar refractivity (Wildman–Crippen MR) is 53.9 cm³/mol. The fourth-order valence-corrected chi connectivity index (χ4v) is 1.71. The maximum absolute atomic E-state index is 11.8.